The number of hydrogen-bond donors (Lipinski definition) is 2. The highest BCUT2D eigenvalue weighted by Crippen LogP contribution is 2.34. The Balaban J connectivity index is 2.14. The number of nitrogen functional groups attached to an aromatic ring is 1. The molecule has 3 N–H and O–H groups in total. The molecule has 0 aliphatic rings. The van der Waals surface area contributed by atoms with Crippen LogP contribution < -0.4 is 5.73 Å². The SMILES string of the molecule is C=CC/C=C\c1[nH]c(-c2nc(C(CCC)CCC)n3ccnc(N)c23)cc1C. The molecule has 0 aliphatic carbocycles. The Kier molecular flexibility index (Phi) is 6.34. The number of allylic oxidation sites excluding steroid dienone is 2. The Hall–Kier alpha value is -2.82. The first-order chi connectivity index (χ1) is 13.6. The van der Waals surface area contributed by atoms with Crippen molar-refractivity contribution in [3.05, 3.63) is 54.3 Å². The zero-order valence-electron chi connectivity index (χ0n) is 17.2. The standard InChI is InChI=1S/C23H31N5/c1-5-8-9-12-18-16(4)15-19(26-18)20-21-22(24)25-13-14-28(21)23(27-20)17(10-6-2)11-7-3/h5,9,12-15,17,26H,1,6-8,10-11H2,2-4H3,(H2,24,25)/b12-9-. The fourth-order valence-electron chi connectivity index (χ4n) is 3.82. The molecule has 28 heavy (non-hydrogen) atoms. The van der Waals surface area contributed by atoms with Crippen molar-refractivity contribution < 1.29 is 0 Å². The van der Waals surface area contributed by atoms with Crippen LogP contribution in [0.1, 0.15) is 69.0 Å². The second-order valence-electron chi connectivity index (χ2n) is 7.33. The molecule has 3 aromatic rings. The Bertz CT molecular complexity index is 970. The molecule has 3 rings (SSSR count). The van der Waals surface area contributed by atoms with Gasteiger partial charge in [-0.3, -0.25) is 4.40 Å². The summed E-state index contributed by atoms with van der Waals surface area (Å²) in [7, 11) is 0. The summed E-state index contributed by atoms with van der Waals surface area (Å²) < 4.78 is 2.14. The molecule has 0 atom stereocenters. The number of hydrogen-bond acceptors (Lipinski definition) is 3. The fraction of sp³-hybridized carbons (Fsp3) is 0.391. The van der Waals surface area contributed by atoms with E-state index >= 15 is 0 Å². The highest BCUT2D eigenvalue weighted by molar-refractivity contribution is 5.85. The van der Waals surface area contributed by atoms with Gasteiger partial charge in [0.15, 0.2) is 0 Å². The van der Waals surface area contributed by atoms with Gasteiger partial charge in [0.05, 0.1) is 5.69 Å². The minimum atomic E-state index is 0.418. The molecule has 5 heteroatoms. The van der Waals surface area contributed by atoms with Gasteiger partial charge in [0.2, 0.25) is 0 Å². The van der Waals surface area contributed by atoms with Crippen molar-refractivity contribution in [2.45, 2.75) is 58.8 Å². The largest absolute Gasteiger partial charge is 0.382 e. The highest BCUT2D eigenvalue weighted by Gasteiger charge is 2.22. The van der Waals surface area contributed by atoms with Crippen molar-refractivity contribution in [3.63, 3.8) is 0 Å². The topological polar surface area (TPSA) is 72.0 Å². The normalized spacial score (nSPS) is 11.9. The van der Waals surface area contributed by atoms with E-state index in [2.05, 4.69) is 59.9 Å². The number of nitrogens with one attached hydrogen (secondary N) is 1. The first-order valence-electron chi connectivity index (χ1n) is 10.2. The van der Waals surface area contributed by atoms with E-state index in [1.165, 1.54) is 5.56 Å². The molecular formula is C23H31N5. The molecule has 5 nitrogen and oxygen atoms in total. The maximum atomic E-state index is 6.29. The zero-order valence-corrected chi connectivity index (χ0v) is 17.2. The van der Waals surface area contributed by atoms with E-state index in [0.29, 0.717) is 11.7 Å². The lowest BCUT2D eigenvalue weighted by atomic mass is 9.97. The summed E-state index contributed by atoms with van der Waals surface area (Å²) in [5.41, 5.74) is 11.3. The van der Waals surface area contributed by atoms with Crippen LogP contribution in [-0.2, 0) is 0 Å². The molecule has 0 amide bonds. The van der Waals surface area contributed by atoms with Gasteiger partial charge in [0.1, 0.15) is 22.9 Å². The summed E-state index contributed by atoms with van der Waals surface area (Å²) in [6, 6.07) is 2.14. The van der Waals surface area contributed by atoms with Crippen LogP contribution in [0.5, 0.6) is 0 Å². The molecule has 0 spiro atoms. The summed E-state index contributed by atoms with van der Waals surface area (Å²) in [6.45, 7) is 10.3. The number of H-pyrrole nitrogens is 1. The van der Waals surface area contributed by atoms with Gasteiger partial charge >= 0.3 is 0 Å². The van der Waals surface area contributed by atoms with E-state index in [-0.39, 0.29) is 0 Å². The van der Waals surface area contributed by atoms with Gasteiger partial charge in [0, 0.05) is 24.0 Å². The average molecular weight is 378 g/mol. The van der Waals surface area contributed by atoms with Gasteiger partial charge in [0.25, 0.3) is 0 Å². The molecule has 0 fully saturated rings. The highest BCUT2D eigenvalue weighted by atomic mass is 15.1. The van der Waals surface area contributed by atoms with Gasteiger partial charge in [-0.25, -0.2) is 9.97 Å². The summed E-state index contributed by atoms with van der Waals surface area (Å²) in [4.78, 5) is 12.9. The van der Waals surface area contributed by atoms with E-state index in [4.69, 9.17) is 10.7 Å². The number of imidazole rings is 1. The average Bonchev–Trinajstić information content (AvgIpc) is 3.24. The molecule has 0 aliphatic heterocycles. The molecule has 0 saturated carbocycles. The molecule has 148 valence electrons. The number of nitrogens with zero attached hydrogens (tertiary/aromatic N) is 3. The summed E-state index contributed by atoms with van der Waals surface area (Å²) in [5.74, 6) is 2.01. The number of nitrogens with two attached hydrogens (primary N) is 1. The van der Waals surface area contributed by atoms with Crippen molar-refractivity contribution in [1.29, 1.82) is 0 Å². The predicted molar refractivity (Wildman–Crippen MR) is 118 cm³/mol. The quantitative estimate of drug-likeness (QED) is 0.457. The molecule has 0 saturated heterocycles. The van der Waals surface area contributed by atoms with Crippen LogP contribution in [0.4, 0.5) is 5.82 Å². The number of rotatable bonds is 9. The van der Waals surface area contributed by atoms with Crippen LogP contribution in [0.25, 0.3) is 23.0 Å². The smallest absolute Gasteiger partial charge is 0.150 e. The van der Waals surface area contributed by atoms with Gasteiger partial charge in [-0.05, 0) is 43.9 Å². The zero-order chi connectivity index (χ0) is 20.1. The minimum absolute atomic E-state index is 0.418. The molecule has 0 bridgehead atoms. The van der Waals surface area contributed by atoms with Gasteiger partial charge in [-0.1, -0.05) is 38.8 Å². The van der Waals surface area contributed by atoms with Gasteiger partial charge in [-0.15, -0.1) is 6.58 Å². The monoisotopic (exact) mass is 377 g/mol. The van der Waals surface area contributed by atoms with E-state index in [9.17, 15) is 0 Å². The van der Waals surface area contributed by atoms with E-state index < -0.39 is 0 Å². The first kappa shape index (κ1) is 19.9. The number of fused-ring (bicyclic) bond motifs is 1. The maximum Gasteiger partial charge on any atom is 0.150 e. The Morgan fingerprint density at radius 2 is 2.04 bits per heavy atom. The molecule has 0 radical (unpaired) electrons. The second kappa shape index (κ2) is 8.91. The van der Waals surface area contributed by atoms with Gasteiger partial charge in [-0.2, -0.15) is 0 Å². The van der Waals surface area contributed by atoms with Crippen molar-refractivity contribution in [3.8, 4) is 11.4 Å². The van der Waals surface area contributed by atoms with Crippen LogP contribution in [0.3, 0.4) is 0 Å². The summed E-state index contributed by atoms with van der Waals surface area (Å²) >= 11 is 0. The van der Waals surface area contributed by atoms with E-state index in [0.717, 1.165) is 60.5 Å². The number of aromatic amines is 1. The lowest BCUT2D eigenvalue weighted by molar-refractivity contribution is 0.532. The lowest BCUT2D eigenvalue weighted by Crippen LogP contribution is -2.05. The van der Waals surface area contributed by atoms with E-state index in [1.807, 2.05) is 12.3 Å². The van der Waals surface area contributed by atoms with Crippen molar-refractivity contribution >= 4 is 17.4 Å². The molecule has 0 unspecified atom stereocenters. The van der Waals surface area contributed by atoms with Crippen molar-refractivity contribution in [2.75, 3.05) is 5.73 Å². The Labute approximate surface area is 167 Å². The van der Waals surface area contributed by atoms with Crippen molar-refractivity contribution in [2.24, 2.45) is 0 Å². The number of anilines is 1. The third kappa shape index (κ3) is 3.88. The minimum Gasteiger partial charge on any atom is -0.382 e. The number of aryl methyl sites for hydroxylation is 1. The molecule has 3 heterocycles. The van der Waals surface area contributed by atoms with E-state index in [1.54, 1.807) is 6.20 Å². The first-order valence-corrected chi connectivity index (χ1v) is 10.2. The van der Waals surface area contributed by atoms with Crippen molar-refractivity contribution in [1.82, 2.24) is 19.4 Å². The van der Waals surface area contributed by atoms with Crippen LogP contribution in [0, 0.1) is 6.92 Å². The van der Waals surface area contributed by atoms with Crippen LogP contribution >= 0.6 is 0 Å². The third-order valence-electron chi connectivity index (χ3n) is 5.15. The van der Waals surface area contributed by atoms with Crippen LogP contribution in [-0.4, -0.2) is 19.4 Å². The Morgan fingerprint density at radius 3 is 2.71 bits per heavy atom. The van der Waals surface area contributed by atoms with Crippen LogP contribution in [0.15, 0.2) is 37.2 Å². The molecular weight excluding hydrogens is 346 g/mol. The van der Waals surface area contributed by atoms with Crippen LogP contribution in [0.2, 0.25) is 0 Å². The number of aromatic nitrogens is 4. The predicted octanol–water partition coefficient (Wildman–Crippen LogP) is 5.89. The fourth-order valence-corrected chi connectivity index (χ4v) is 3.82. The third-order valence-corrected chi connectivity index (χ3v) is 5.15. The lowest BCUT2D eigenvalue weighted by Gasteiger charge is -2.14. The second-order valence-corrected chi connectivity index (χ2v) is 7.33. The maximum absolute atomic E-state index is 6.29. The van der Waals surface area contributed by atoms with Gasteiger partial charge < -0.3 is 10.7 Å². The summed E-state index contributed by atoms with van der Waals surface area (Å²) in [5, 5.41) is 0. The summed E-state index contributed by atoms with van der Waals surface area (Å²) in [6.07, 6.45) is 15.2. The Morgan fingerprint density at radius 1 is 1.29 bits per heavy atom. The molecule has 0 aromatic carbocycles. The molecule has 3 aromatic heterocycles.